The maximum Gasteiger partial charge on any atom is 0.290 e. The smallest absolute Gasteiger partial charge is 0.290 e. The van der Waals surface area contributed by atoms with Gasteiger partial charge in [0.25, 0.3) is 5.91 Å². The lowest BCUT2D eigenvalue weighted by Crippen LogP contribution is -2.39. The lowest BCUT2D eigenvalue weighted by Gasteiger charge is -2.29. The fraction of sp³-hybridized carbons (Fsp3) is 0.385. The van der Waals surface area contributed by atoms with Gasteiger partial charge in [0.15, 0.2) is 5.43 Å². The van der Waals surface area contributed by atoms with Gasteiger partial charge in [-0.1, -0.05) is 12.1 Å². The van der Waals surface area contributed by atoms with Crippen molar-refractivity contribution in [2.45, 2.75) is 12.5 Å². The number of rotatable bonds is 7. The number of fused-ring (bicyclic) bond motifs is 2. The van der Waals surface area contributed by atoms with Crippen molar-refractivity contribution >= 4 is 16.9 Å². The summed E-state index contributed by atoms with van der Waals surface area (Å²) < 4.78 is 22.5. The van der Waals surface area contributed by atoms with Crippen LogP contribution in [0, 0.1) is 0 Å². The summed E-state index contributed by atoms with van der Waals surface area (Å²) in [6.45, 7) is 4.53. The molecule has 1 amide bonds. The molecule has 0 unspecified atom stereocenters. The predicted molar refractivity (Wildman–Crippen MR) is 127 cm³/mol. The van der Waals surface area contributed by atoms with Gasteiger partial charge in [0.1, 0.15) is 17.1 Å². The van der Waals surface area contributed by atoms with Gasteiger partial charge in [-0.05, 0) is 36.8 Å². The third-order valence-electron chi connectivity index (χ3n) is 6.58. The molecule has 0 saturated carbocycles. The maximum atomic E-state index is 13.6. The molecule has 2 aliphatic heterocycles. The van der Waals surface area contributed by atoms with Gasteiger partial charge in [-0.2, -0.15) is 0 Å². The van der Waals surface area contributed by atoms with Crippen LogP contribution in [0.25, 0.3) is 11.0 Å². The number of para-hydroxylation sites is 1. The monoisotopic (exact) mass is 464 g/mol. The summed E-state index contributed by atoms with van der Waals surface area (Å²) >= 11 is 0. The van der Waals surface area contributed by atoms with Gasteiger partial charge in [0.2, 0.25) is 5.76 Å². The highest BCUT2D eigenvalue weighted by molar-refractivity contribution is 5.99. The minimum absolute atomic E-state index is 0.102. The van der Waals surface area contributed by atoms with E-state index in [0.717, 1.165) is 39.3 Å². The van der Waals surface area contributed by atoms with Crippen LogP contribution < -0.4 is 14.9 Å². The van der Waals surface area contributed by atoms with E-state index in [2.05, 4.69) is 4.90 Å². The number of ether oxygens (including phenoxy) is 3. The molecule has 0 radical (unpaired) electrons. The zero-order valence-corrected chi connectivity index (χ0v) is 19.4. The van der Waals surface area contributed by atoms with Crippen molar-refractivity contribution in [3.8, 4) is 11.5 Å². The Labute approximate surface area is 197 Å². The zero-order chi connectivity index (χ0) is 23.7. The minimum Gasteiger partial charge on any atom is -0.497 e. The molecule has 2 aliphatic rings. The van der Waals surface area contributed by atoms with E-state index in [4.69, 9.17) is 18.6 Å². The Morgan fingerprint density at radius 1 is 1.00 bits per heavy atom. The number of hydrogen-bond acceptors (Lipinski definition) is 7. The molecule has 5 rings (SSSR count). The van der Waals surface area contributed by atoms with E-state index in [1.54, 1.807) is 55.5 Å². The van der Waals surface area contributed by atoms with E-state index in [1.807, 2.05) is 6.07 Å². The number of nitrogens with zero attached hydrogens (tertiary/aromatic N) is 2. The lowest BCUT2D eigenvalue weighted by molar-refractivity contribution is 0.0353. The first-order valence-electron chi connectivity index (χ1n) is 11.5. The van der Waals surface area contributed by atoms with Crippen molar-refractivity contribution in [1.29, 1.82) is 0 Å². The maximum absolute atomic E-state index is 13.6. The van der Waals surface area contributed by atoms with Crippen molar-refractivity contribution in [3.05, 3.63) is 69.6 Å². The largest absolute Gasteiger partial charge is 0.497 e. The molecule has 0 N–H and O–H groups in total. The second-order valence-electron chi connectivity index (χ2n) is 8.49. The van der Waals surface area contributed by atoms with Gasteiger partial charge in [0, 0.05) is 31.7 Å². The van der Waals surface area contributed by atoms with E-state index in [1.165, 1.54) is 0 Å². The molecule has 0 bridgehead atoms. The first kappa shape index (κ1) is 22.4. The van der Waals surface area contributed by atoms with Crippen molar-refractivity contribution < 1.29 is 23.4 Å². The average Bonchev–Trinajstić information content (AvgIpc) is 3.16. The zero-order valence-electron chi connectivity index (χ0n) is 19.4. The van der Waals surface area contributed by atoms with Crippen LogP contribution in [-0.2, 0) is 4.74 Å². The van der Waals surface area contributed by atoms with Crippen LogP contribution in [-0.4, -0.2) is 69.3 Å². The summed E-state index contributed by atoms with van der Waals surface area (Å²) in [6.07, 6.45) is 0.760. The highest BCUT2D eigenvalue weighted by atomic mass is 16.5. The molecule has 3 heterocycles. The van der Waals surface area contributed by atoms with Crippen LogP contribution in [0.1, 0.15) is 34.1 Å². The molecule has 0 spiro atoms. The lowest BCUT2D eigenvalue weighted by atomic mass is 9.97. The topological polar surface area (TPSA) is 81.5 Å². The number of amides is 1. The third-order valence-corrected chi connectivity index (χ3v) is 6.58. The fourth-order valence-corrected chi connectivity index (χ4v) is 4.86. The van der Waals surface area contributed by atoms with Crippen LogP contribution in [0.5, 0.6) is 11.5 Å². The third kappa shape index (κ3) is 3.93. The predicted octanol–water partition coefficient (Wildman–Crippen LogP) is 3.08. The molecule has 34 heavy (non-hydrogen) atoms. The van der Waals surface area contributed by atoms with Gasteiger partial charge in [0.05, 0.1) is 44.4 Å². The van der Waals surface area contributed by atoms with Gasteiger partial charge < -0.3 is 23.5 Å². The van der Waals surface area contributed by atoms with Crippen molar-refractivity contribution in [1.82, 2.24) is 9.80 Å². The molecule has 8 heteroatoms. The Balaban J connectivity index is 1.58. The Kier molecular flexibility index (Phi) is 6.26. The van der Waals surface area contributed by atoms with Crippen LogP contribution in [0.15, 0.2) is 51.7 Å². The number of morpholine rings is 1. The Morgan fingerprint density at radius 2 is 1.79 bits per heavy atom. The Hall–Kier alpha value is -3.36. The number of carbonyl (C=O) groups excluding carboxylic acids is 1. The van der Waals surface area contributed by atoms with Gasteiger partial charge in [-0.15, -0.1) is 0 Å². The SMILES string of the molecule is COc1ccc(OC)c([C@H]2c3c(oc4ccccc4c3=O)C(=O)N2CCCN2CCOCC2)c1. The number of hydrogen-bond donors (Lipinski definition) is 0. The molecule has 3 aromatic rings. The van der Waals surface area contributed by atoms with Crippen LogP contribution in [0.3, 0.4) is 0 Å². The highest BCUT2D eigenvalue weighted by Crippen LogP contribution is 2.42. The Bertz CT molecular complexity index is 1260. The quantitative estimate of drug-likeness (QED) is 0.532. The first-order chi connectivity index (χ1) is 16.6. The standard InChI is InChI=1S/C26H28N2O6/c1-31-17-8-9-20(32-2)19(16-17)23-22-24(29)18-6-3-4-7-21(18)34-25(22)26(30)28(23)11-5-10-27-12-14-33-15-13-27/h3-4,6-9,16,23H,5,10-15H2,1-2H3/t23-/m0/s1. The summed E-state index contributed by atoms with van der Waals surface area (Å²) in [5.74, 6) is 1.02. The second kappa shape index (κ2) is 9.48. The van der Waals surface area contributed by atoms with Crippen LogP contribution in [0.2, 0.25) is 0 Å². The molecule has 1 saturated heterocycles. The fourth-order valence-electron chi connectivity index (χ4n) is 4.86. The number of carbonyl (C=O) groups is 1. The molecule has 178 valence electrons. The van der Waals surface area contributed by atoms with E-state index in [-0.39, 0.29) is 17.1 Å². The van der Waals surface area contributed by atoms with Gasteiger partial charge >= 0.3 is 0 Å². The summed E-state index contributed by atoms with van der Waals surface area (Å²) in [5, 5.41) is 0.455. The normalized spacial score (nSPS) is 18.4. The molecule has 1 fully saturated rings. The molecule has 1 atom stereocenters. The number of benzene rings is 2. The van der Waals surface area contributed by atoms with Crippen LogP contribution >= 0.6 is 0 Å². The summed E-state index contributed by atoms with van der Waals surface area (Å²) in [5.41, 5.74) is 1.26. The summed E-state index contributed by atoms with van der Waals surface area (Å²) in [6, 6.07) is 11.8. The summed E-state index contributed by atoms with van der Waals surface area (Å²) in [7, 11) is 3.16. The molecular formula is C26H28N2O6. The second-order valence-corrected chi connectivity index (χ2v) is 8.49. The van der Waals surface area contributed by atoms with Gasteiger partial charge in [-0.3, -0.25) is 14.5 Å². The van der Waals surface area contributed by atoms with Crippen molar-refractivity contribution in [3.63, 3.8) is 0 Å². The molecular weight excluding hydrogens is 436 g/mol. The van der Waals surface area contributed by atoms with E-state index < -0.39 is 6.04 Å². The van der Waals surface area contributed by atoms with E-state index in [0.29, 0.717) is 40.1 Å². The molecule has 0 aliphatic carbocycles. The Morgan fingerprint density at radius 3 is 2.56 bits per heavy atom. The van der Waals surface area contributed by atoms with E-state index >= 15 is 0 Å². The molecule has 2 aromatic carbocycles. The average molecular weight is 465 g/mol. The molecule has 8 nitrogen and oxygen atoms in total. The number of methoxy groups -OCH3 is 2. The minimum atomic E-state index is -0.627. The molecule has 1 aromatic heterocycles. The van der Waals surface area contributed by atoms with Crippen molar-refractivity contribution in [2.75, 3.05) is 53.6 Å². The van der Waals surface area contributed by atoms with Gasteiger partial charge in [-0.25, -0.2) is 0 Å². The van der Waals surface area contributed by atoms with E-state index in [9.17, 15) is 9.59 Å². The highest BCUT2D eigenvalue weighted by Gasteiger charge is 2.43. The van der Waals surface area contributed by atoms with Crippen LogP contribution in [0.4, 0.5) is 0 Å². The first-order valence-corrected chi connectivity index (χ1v) is 11.5. The van der Waals surface area contributed by atoms with Crippen molar-refractivity contribution in [2.24, 2.45) is 0 Å². The summed E-state index contributed by atoms with van der Waals surface area (Å²) in [4.78, 5) is 31.3.